The minimum absolute atomic E-state index is 0.0441. The van der Waals surface area contributed by atoms with E-state index in [2.05, 4.69) is 9.72 Å². The number of aromatic nitrogens is 1. The van der Waals surface area contributed by atoms with Crippen molar-refractivity contribution in [2.45, 2.75) is 20.8 Å². The van der Waals surface area contributed by atoms with E-state index in [1.807, 2.05) is 0 Å². The summed E-state index contributed by atoms with van der Waals surface area (Å²) in [5.74, 6) is -2.10. The second-order valence-electron chi connectivity index (χ2n) is 4.79. The third-order valence-corrected chi connectivity index (χ3v) is 3.15. The maximum Gasteiger partial charge on any atom is 0.355 e. The minimum Gasteiger partial charge on any atom is -0.465 e. The molecule has 0 aromatic carbocycles. The van der Waals surface area contributed by atoms with Crippen LogP contribution < -0.4 is 5.73 Å². The molecule has 8 nitrogen and oxygen atoms in total. The summed E-state index contributed by atoms with van der Waals surface area (Å²) in [6, 6.07) is 1.66. The predicted molar refractivity (Wildman–Crippen MR) is 79.4 cm³/mol. The van der Waals surface area contributed by atoms with Gasteiger partial charge in [0.1, 0.15) is 17.3 Å². The summed E-state index contributed by atoms with van der Waals surface area (Å²) in [4.78, 5) is 38.2. The van der Waals surface area contributed by atoms with Gasteiger partial charge in [-0.1, -0.05) is 0 Å². The van der Waals surface area contributed by atoms with E-state index >= 15 is 0 Å². The van der Waals surface area contributed by atoms with Crippen molar-refractivity contribution in [2.75, 3.05) is 13.7 Å². The molecule has 3 N–H and O–H groups in total. The lowest BCUT2D eigenvalue weighted by Crippen LogP contribution is -2.18. The molecule has 0 radical (unpaired) electrons. The summed E-state index contributed by atoms with van der Waals surface area (Å²) in [7, 11) is 1.23. The number of nitrogens with two attached hydrogens (primary N) is 1. The van der Waals surface area contributed by atoms with Gasteiger partial charge in [-0.25, -0.2) is 9.59 Å². The van der Waals surface area contributed by atoms with Gasteiger partial charge in [-0.15, -0.1) is 0 Å². The van der Waals surface area contributed by atoms with Gasteiger partial charge in [0.25, 0.3) is 0 Å². The molecule has 0 atom stereocenters. The first-order valence-electron chi connectivity index (χ1n) is 6.58. The molecule has 0 amide bonds. The average Bonchev–Trinajstić information content (AvgIpc) is 2.79. The third-order valence-electron chi connectivity index (χ3n) is 3.15. The molecule has 0 unspecified atom stereocenters. The number of H-pyrrole nitrogens is 1. The van der Waals surface area contributed by atoms with Gasteiger partial charge in [0.15, 0.2) is 6.61 Å². The van der Waals surface area contributed by atoms with Crippen molar-refractivity contribution >= 4 is 17.7 Å². The monoisotopic (exact) mass is 319 g/mol. The highest BCUT2D eigenvalue weighted by Crippen LogP contribution is 2.19. The number of hydrogen-bond acceptors (Lipinski definition) is 7. The molecular formula is C15H17N3O5. The van der Waals surface area contributed by atoms with Crippen LogP contribution in [0.1, 0.15) is 39.0 Å². The molecule has 0 saturated heterocycles. The van der Waals surface area contributed by atoms with Gasteiger partial charge in [-0.05, 0) is 26.3 Å². The number of ketones is 1. The number of Topliss-reactive ketones (excluding diaryl/α,β-unsaturated/α-hetero) is 1. The van der Waals surface area contributed by atoms with Crippen molar-refractivity contribution in [1.82, 2.24) is 4.98 Å². The number of esters is 2. The summed E-state index contributed by atoms with van der Waals surface area (Å²) in [6.45, 7) is 3.94. The fraction of sp³-hybridized carbons (Fsp3) is 0.333. The smallest absolute Gasteiger partial charge is 0.355 e. The van der Waals surface area contributed by atoms with Crippen molar-refractivity contribution in [3.05, 3.63) is 33.8 Å². The molecule has 1 aromatic rings. The Bertz CT molecular complexity index is 733. The number of nitriles is 1. The molecule has 0 bridgehead atoms. The topological polar surface area (TPSA) is 135 Å². The van der Waals surface area contributed by atoms with Gasteiger partial charge in [0.05, 0.1) is 12.7 Å². The van der Waals surface area contributed by atoms with Gasteiger partial charge in [-0.2, -0.15) is 5.26 Å². The average molecular weight is 319 g/mol. The Kier molecular flexibility index (Phi) is 5.68. The van der Waals surface area contributed by atoms with E-state index in [4.69, 9.17) is 15.7 Å². The van der Waals surface area contributed by atoms with Crippen LogP contribution in [0.25, 0.3) is 0 Å². The van der Waals surface area contributed by atoms with Crippen molar-refractivity contribution in [2.24, 2.45) is 5.73 Å². The largest absolute Gasteiger partial charge is 0.465 e. The van der Waals surface area contributed by atoms with Crippen molar-refractivity contribution in [1.29, 1.82) is 5.26 Å². The summed E-state index contributed by atoms with van der Waals surface area (Å²) >= 11 is 0. The summed E-state index contributed by atoms with van der Waals surface area (Å²) in [5, 5.41) is 8.81. The van der Waals surface area contributed by atoms with E-state index in [-0.39, 0.29) is 22.5 Å². The second-order valence-corrected chi connectivity index (χ2v) is 4.79. The third kappa shape index (κ3) is 3.77. The second kappa shape index (κ2) is 7.26. The van der Waals surface area contributed by atoms with E-state index in [9.17, 15) is 14.4 Å². The maximum absolute atomic E-state index is 12.0. The number of carbonyl (C=O) groups excluding carboxylic acids is 3. The number of rotatable bonds is 5. The van der Waals surface area contributed by atoms with Crippen molar-refractivity contribution in [3.8, 4) is 6.07 Å². The van der Waals surface area contributed by atoms with Crippen molar-refractivity contribution < 1.29 is 23.9 Å². The van der Waals surface area contributed by atoms with Crippen LogP contribution in [0.5, 0.6) is 0 Å². The number of aryl methyl sites for hydroxylation is 1. The first kappa shape index (κ1) is 18.0. The maximum atomic E-state index is 12.0. The number of hydrogen-bond donors (Lipinski definition) is 2. The number of nitrogens with zero attached hydrogens (tertiary/aromatic N) is 1. The molecule has 0 aliphatic carbocycles. The van der Waals surface area contributed by atoms with Crippen LogP contribution in [0.2, 0.25) is 0 Å². The Balaban J connectivity index is 2.93. The molecule has 122 valence electrons. The molecule has 0 aliphatic heterocycles. The Hall–Kier alpha value is -3.08. The van der Waals surface area contributed by atoms with Crippen LogP contribution in [-0.4, -0.2) is 36.4 Å². The highest BCUT2D eigenvalue weighted by molar-refractivity contribution is 6.03. The van der Waals surface area contributed by atoms with Gasteiger partial charge in [0, 0.05) is 11.4 Å². The summed E-state index contributed by atoms with van der Waals surface area (Å²) in [6.07, 6.45) is 0. The van der Waals surface area contributed by atoms with Crippen LogP contribution in [0.3, 0.4) is 0 Å². The molecule has 0 spiro atoms. The van der Waals surface area contributed by atoms with E-state index in [0.29, 0.717) is 11.3 Å². The van der Waals surface area contributed by atoms with Crippen LogP contribution in [0.15, 0.2) is 11.3 Å². The normalized spacial score (nSPS) is 11.3. The zero-order valence-corrected chi connectivity index (χ0v) is 13.3. The molecule has 8 heteroatoms. The standard InChI is InChI=1S/C15H17N3O5/c1-7-12(14(20)22-4)9(3)18-13(7)15(21)23-6-11(19)10(5-16)8(2)17/h18H,6,17H2,1-4H3/b10-8+. The minimum atomic E-state index is -0.818. The van der Waals surface area contributed by atoms with E-state index < -0.39 is 24.3 Å². The first-order valence-corrected chi connectivity index (χ1v) is 6.58. The quantitative estimate of drug-likeness (QED) is 0.467. The molecule has 0 aliphatic rings. The van der Waals surface area contributed by atoms with E-state index in [1.165, 1.54) is 14.0 Å². The summed E-state index contributed by atoms with van der Waals surface area (Å²) < 4.78 is 9.51. The molecule has 1 heterocycles. The zero-order chi connectivity index (χ0) is 17.7. The SMILES string of the molecule is COC(=O)c1c(C)[nH]c(C(=O)OCC(=O)/C(C#N)=C(\C)N)c1C. The molecular weight excluding hydrogens is 302 g/mol. The molecule has 23 heavy (non-hydrogen) atoms. The Morgan fingerprint density at radius 2 is 1.87 bits per heavy atom. The Labute approximate surface area is 132 Å². The van der Waals surface area contributed by atoms with Crippen LogP contribution in [0.4, 0.5) is 0 Å². The van der Waals surface area contributed by atoms with Crippen LogP contribution in [0, 0.1) is 25.2 Å². The van der Waals surface area contributed by atoms with Crippen LogP contribution >= 0.6 is 0 Å². The number of allylic oxidation sites excluding steroid dienone is 1. The van der Waals surface area contributed by atoms with Crippen molar-refractivity contribution in [3.63, 3.8) is 0 Å². The number of nitrogens with one attached hydrogen (secondary N) is 1. The van der Waals surface area contributed by atoms with Gasteiger partial charge >= 0.3 is 11.9 Å². The van der Waals surface area contributed by atoms with Crippen LogP contribution in [-0.2, 0) is 14.3 Å². The molecule has 0 fully saturated rings. The van der Waals surface area contributed by atoms with E-state index in [0.717, 1.165) is 0 Å². The number of aromatic amines is 1. The lowest BCUT2D eigenvalue weighted by Gasteiger charge is -2.04. The lowest BCUT2D eigenvalue weighted by molar-refractivity contribution is -0.118. The predicted octanol–water partition coefficient (Wildman–Crippen LogP) is 0.900. The highest BCUT2D eigenvalue weighted by Gasteiger charge is 2.24. The Morgan fingerprint density at radius 1 is 1.26 bits per heavy atom. The zero-order valence-electron chi connectivity index (χ0n) is 13.3. The lowest BCUT2D eigenvalue weighted by atomic mass is 10.1. The molecule has 0 saturated carbocycles. The number of ether oxygens (including phenoxy) is 2. The van der Waals surface area contributed by atoms with E-state index in [1.54, 1.807) is 19.9 Å². The fourth-order valence-corrected chi connectivity index (χ4v) is 2.01. The number of methoxy groups -OCH3 is 1. The molecule has 1 aromatic heterocycles. The summed E-state index contributed by atoms with van der Waals surface area (Å²) in [5.41, 5.74) is 6.28. The number of carbonyl (C=O) groups is 3. The fourth-order valence-electron chi connectivity index (χ4n) is 2.01. The van der Waals surface area contributed by atoms with Gasteiger partial charge in [-0.3, -0.25) is 4.79 Å². The van der Waals surface area contributed by atoms with Gasteiger partial charge in [0.2, 0.25) is 5.78 Å². The van der Waals surface area contributed by atoms with Gasteiger partial charge < -0.3 is 20.2 Å². The highest BCUT2D eigenvalue weighted by atomic mass is 16.5. The first-order chi connectivity index (χ1) is 10.7. The Morgan fingerprint density at radius 3 is 2.35 bits per heavy atom. The molecule has 1 rings (SSSR count).